The van der Waals surface area contributed by atoms with Crippen LogP contribution in [0.2, 0.25) is 0 Å². The second-order valence-electron chi connectivity index (χ2n) is 10.0. The minimum absolute atomic E-state index is 0.0121. The number of nitrogens with two attached hydrogens (primary N) is 1. The van der Waals surface area contributed by atoms with Crippen molar-refractivity contribution in [1.29, 1.82) is 0 Å². The van der Waals surface area contributed by atoms with Crippen LogP contribution in [0.1, 0.15) is 42.3 Å². The number of carbonyl (C=O) groups is 1. The highest BCUT2D eigenvalue weighted by Crippen LogP contribution is 2.46. The maximum Gasteiger partial charge on any atom is 0.470 e. The highest BCUT2D eigenvalue weighted by atomic mass is 31.2. The standard InChI is InChI=1S/C24H36N8O11P2/c1-26-15-9-5-4-8-14(15)22(34)27-10-6-2-3-7-11-28-24-31-17-20(25)29-13-30-21(17)32(24)23-18(33)19(43-45(38,39)40)16(42-23)12-41-44(35,36)37/h4-5,8-9,13,16,18-19,23,26,33H,2-3,6-7,10-12H2,1H3,(H,27,34)(H,28,31)(H2,25,29,30)(H2,35,36,37)(H2,38,39,40)/t16-,18-,19-,23-/m1/s1. The highest BCUT2D eigenvalue weighted by molar-refractivity contribution is 7.46. The first-order chi connectivity index (χ1) is 21.3. The van der Waals surface area contributed by atoms with Gasteiger partial charge >= 0.3 is 15.6 Å². The molecular formula is C24H36N8O11P2. The molecule has 0 radical (unpaired) electrons. The summed E-state index contributed by atoms with van der Waals surface area (Å²) < 4.78 is 39.1. The molecule has 0 bridgehead atoms. The van der Waals surface area contributed by atoms with E-state index in [4.69, 9.17) is 24.8 Å². The van der Waals surface area contributed by atoms with Gasteiger partial charge in [0.2, 0.25) is 5.95 Å². The zero-order valence-electron chi connectivity index (χ0n) is 24.1. The van der Waals surface area contributed by atoms with Crippen LogP contribution in [0.3, 0.4) is 0 Å². The second kappa shape index (κ2) is 14.9. The number of phosphoric acid groups is 2. The maximum atomic E-state index is 12.5. The van der Waals surface area contributed by atoms with Crippen LogP contribution < -0.4 is 21.7 Å². The van der Waals surface area contributed by atoms with E-state index in [0.29, 0.717) is 25.1 Å². The normalized spacial score (nSPS) is 20.4. The summed E-state index contributed by atoms with van der Waals surface area (Å²) in [6.07, 6.45) is -2.29. The van der Waals surface area contributed by atoms with Gasteiger partial charge in [0.25, 0.3) is 5.91 Å². The Kier molecular flexibility index (Phi) is 11.5. The first kappa shape index (κ1) is 34.6. The number of anilines is 3. The zero-order valence-corrected chi connectivity index (χ0v) is 25.9. The van der Waals surface area contributed by atoms with Crippen molar-refractivity contribution < 1.29 is 52.4 Å². The van der Waals surface area contributed by atoms with E-state index < -0.39 is 46.8 Å². The molecule has 1 aliphatic rings. The number of unbranched alkanes of at least 4 members (excludes halogenated alkanes) is 3. The second-order valence-corrected chi connectivity index (χ2v) is 12.5. The van der Waals surface area contributed by atoms with Gasteiger partial charge in [0.15, 0.2) is 23.2 Å². The molecule has 248 valence electrons. The quantitative estimate of drug-likeness (QED) is 0.0746. The number of aliphatic hydroxyl groups excluding tert-OH is 1. The van der Waals surface area contributed by atoms with Crippen LogP contribution in [0.4, 0.5) is 17.5 Å². The molecule has 0 spiro atoms. The number of phosphoric ester groups is 2. The fourth-order valence-corrected chi connectivity index (χ4v) is 5.74. The van der Waals surface area contributed by atoms with Crippen LogP contribution in [0.25, 0.3) is 11.2 Å². The van der Waals surface area contributed by atoms with E-state index >= 15 is 0 Å². The number of nitrogen functional groups attached to an aromatic ring is 1. The van der Waals surface area contributed by atoms with Crippen LogP contribution in [-0.2, 0) is 22.9 Å². The number of ether oxygens (including phenoxy) is 1. The Bertz CT molecular complexity index is 1570. The van der Waals surface area contributed by atoms with E-state index in [1.165, 1.54) is 4.57 Å². The Morgan fingerprint density at radius 2 is 1.78 bits per heavy atom. The molecule has 1 fully saturated rings. The summed E-state index contributed by atoms with van der Waals surface area (Å²) in [6, 6.07) is 7.21. The summed E-state index contributed by atoms with van der Waals surface area (Å²) >= 11 is 0. The lowest BCUT2D eigenvalue weighted by Crippen LogP contribution is -2.36. The third-order valence-corrected chi connectivity index (χ3v) is 7.85. The van der Waals surface area contributed by atoms with Crippen LogP contribution in [0, 0.1) is 0 Å². The number of para-hydroxylation sites is 1. The number of aromatic nitrogens is 4. The van der Waals surface area contributed by atoms with Crippen molar-refractivity contribution in [3.8, 4) is 0 Å². The van der Waals surface area contributed by atoms with Gasteiger partial charge in [0.1, 0.15) is 24.6 Å². The Balaban J connectivity index is 1.39. The molecular weight excluding hydrogens is 638 g/mol. The third-order valence-electron chi connectivity index (χ3n) is 6.85. The summed E-state index contributed by atoms with van der Waals surface area (Å²) in [4.78, 5) is 61.9. The molecule has 21 heteroatoms. The number of rotatable bonds is 16. The average Bonchev–Trinajstić information content (AvgIpc) is 3.49. The molecule has 10 N–H and O–H groups in total. The van der Waals surface area contributed by atoms with Crippen molar-refractivity contribution >= 4 is 50.2 Å². The number of hydrogen-bond donors (Lipinski definition) is 9. The molecule has 1 saturated heterocycles. The lowest BCUT2D eigenvalue weighted by molar-refractivity contribution is -0.0492. The smallest absolute Gasteiger partial charge is 0.387 e. The first-order valence-electron chi connectivity index (χ1n) is 13.8. The predicted molar refractivity (Wildman–Crippen MR) is 160 cm³/mol. The van der Waals surface area contributed by atoms with Gasteiger partial charge in [-0.2, -0.15) is 0 Å². The number of benzene rings is 1. The topological polar surface area (TPSA) is 286 Å². The number of imidazole rings is 1. The van der Waals surface area contributed by atoms with Gasteiger partial charge in [-0.25, -0.2) is 24.1 Å². The van der Waals surface area contributed by atoms with Crippen LogP contribution in [-0.4, -0.2) is 95.2 Å². The fourth-order valence-electron chi connectivity index (χ4n) is 4.82. The van der Waals surface area contributed by atoms with Crippen LogP contribution >= 0.6 is 15.6 Å². The summed E-state index contributed by atoms with van der Waals surface area (Å²) in [6.45, 7) is 0.0334. The molecule has 1 aromatic carbocycles. The number of carbonyl (C=O) groups excluding carboxylic acids is 1. The Morgan fingerprint density at radius 1 is 1.07 bits per heavy atom. The number of fused-ring (bicyclic) bond motifs is 1. The SMILES string of the molecule is CNc1ccccc1C(=O)NCCCCCCNc1nc2c(N)ncnc2n1[C@@H]1O[C@H](COP(=O)(O)O)[C@@H](OP(=O)(O)O)[C@H]1O. The maximum absolute atomic E-state index is 12.5. The van der Waals surface area contributed by atoms with Crippen molar-refractivity contribution in [1.82, 2.24) is 24.8 Å². The van der Waals surface area contributed by atoms with Crippen molar-refractivity contribution in [2.45, 2.75) is 50.2 Å². The lowest BCUT2D eigenvalue weighted by atomic mass is 10.1. The number of amides is 1. The number of nitrogens with one attached hydrogen (secondary N) is 3. The van der Waals surface area contributed by atoms with E-state index in [1.54, 1.807) is 19.2 Å². The van der Waals surface area contributed by atoms with Gasteiger partial charge in [-0.3, -0.25) is 18.4 Å². The van der Waals surface area contributed by atoms with E-state index in [0.717, 1.165) is 31.3 Å². The largest absolute Gasteiger partial charge is 0.470 e. The minimum Gasteiger partial charge on any atom is -0.387 e. The molecule has 1 amide bonds. The van der Waals surface area contributed by atoms with Crippen molar-refractivity contribution in [3.05, 3.63) is 36.2 Å². The molecule has 3 aromatic rings. The molecule has 0 saturated carbocycles. The Hall–Kier alpha value is -3.22. The van der Waals surface area contributed by atoms with Gasteiger partial charge in [-0.1, -0.05) is 25.0 Å². The summed E-state index contributed by atoms with van der Waals surface area (Å²) in [5.74, 6) is -0.0237. The lowest BCUT2D eigenvalue weighted by Gasteiger charge is -2.21. The fraction of sp³-hybridized carbons (Fsp3) is 0.500. The van der Waals surface area contributed by atoms with Gasteiger partial charge in [-0.15, -0.1) is 0 Å². The number of hydrogen-bond acceptors (Lipinski definition) is 13. The van der Waals surface area contributed by atoms with E-state index in [1.807, 2.05) is 12.1 Å². The molecule has 4 atom stereocenters. The Labute approximate surface area is 257 Å². The molecule has 45 heavy (non-hydrogen) atoms. The van der Waals surface area contributed by atoms with Gasteiger partial charge in [0.05, 0.1) is 12.2 Å². The zero-order chi connectivity index (χ0) is 32.8. The van der Waals surface area contributed by atoms with E-state index in [-0.39, 0.29) is 28.8 Å². The van der Waals surface area contributed by atoms with Crippen molar-refractivity contribution in [2.75, 3.05) is 43.1 Å². The summed E-state index contributed by atoms with van der Waals surface area (Å²) in [5.41, 5.74) is 7.54. The van der Waals surface area contributed by atoms with E-state index in [9.17, 15) is 28.8 Å². The molecule has 0 unspecified atom stereocenters. The molecule has 0 aliphatic carbocycles. The highest BCUT2D eigenvalue weighted by Gasteiger charge is 2.50. The van der Waals surface area contributed by atoms with Crippen LogP contribution in [0.15, 0.2) is 30.6 Å². The van der Waals surface area contributed by atoms with Gasteiger partial charge in [-0.05, 0) is 25.0 Å². The molecule has 3 heterocycles. The summed E-state index contributed by atoms with van der Waals surface area (Å²) in [7, 11) is -8.44. The molecule has 2 aromatic heterocycles. The first-order valence-corrected chi connectivity index (χ1v) is 16.9. The average molecular weight is 675 g/mol. The third kappa shape index (κ3) is 9.17. The monoisotopic (exact) mass is 674 g/mol. The number of aliphatic hydroxyl groups is 1. The Morgan fingerprint density at radius 3 is 2.47 bits per heavy atom. The van der Waals surface area contributed by atoms with Gasteiger partial charge < -0.3 is 51.1 Å². The molecule has 4 rings (SSSR count). The molecule has 19 nitrogen and oxygen atoms in total. The summed E-state index contributed by atoms with van der Waals surface area (Å²) in [5, 5.41) is 20.1. The van der Waals surface area contributed by atoms with Crippen molar-refractivity contribution in [3.63, 3.8) is 0 Å². The molecule has 1 aliphatic heterocycles. The van der Waals surface area contributed by atoms with E-state index in [2.05, 4.69) is 35.4 Å². The number of nitrogens with zero attached hydrogens (tertiary/aromatic N) is 4. The minimum atomic E-state index is -5.19. The van der Waals surface area contributed by atoms with Crippen molar-refractivity contribution in [2.24, 2.45) is 0 Å². The van der Waals surface area contributed by atoms with Crippen LogP contribution in [0.5, 0.6) is 0 Å². The van der Waals surface area contributed by atoms with Gasteiger partial charge in [0, 0.05) is 25.8 Å². The predicted octanol–water partition coefficient (Wildman–Crippen LogP) is 0.698.